The molecule has 0 amide bonds. The Hall–Kier alpha value is -0.790. The molecule has 2 heterocycles. The number of ketones is 1. The van der Waals surface area contributed by atoms with Crippen LogP contribution in [0, 0.1) is 33.5 Å². The van der Waals surface area contributed by atoms with E-state index in [2.05, 4.69) is 34.6 Å². The van der Waals surface area contributed by atoms with Gasteiger partial charge in [-0.25, -0.2) is 0 Å². The predicted molar refractivity (Wildman–Crippen MR) is 140 cm³/mol. The number of carbonyl (C=O) groups is 1. The zero-order chi connectivity index (χ0) is 27.0. The van der Waals surface area contributed by atoms with Crippen molar-refractivity contribution in [3.05, 3.63) is 11.1 Å². The van der Waals surface area contributed by atoms with Gasteiger partial charge in [-0.15, -0.1) is 0 Å². The highest BCUT2D eigenvalue weighted by atomic mass is 16.7. The van der Waals surface area contributed by atoms with Crippen molar-refractivity contribution >= 4 is 5.78 Å². The van der Waals surface area contributed by atoms with E-state index in [1.807, 2.05) is 0 Å². The van der Waals surface area contributed by atoms with Crippen molar-refractivity contribution in [3.63, 3.8) is 0 Å². The van der Waals surface area contributed by atoms with E-state index in [-0.39, 0.29) is 45.6 Å². The number of hydrogen-bond acceptors (Lipinski definition) is 6. The average molecular weight is 517 g/mol. The highest BCUT2D eigenvalue weighted by molar-refractivity contribution is 5.89. The lowest BCUT2D eigenvalue weighted by atomic mass is 9.40. The van der Waals surface area contributed by atoms with Crippen LogP contribution in [0.3, 0.4) is 0 Å². The summed E-state index contributed by atoms with van der Waals surface area (Å²) in [5, 5.41) is 21.3. The topological polar surface area (TPSA) is 88.5 Å². The second-order valence-electron chi connectivity index (χ2n) is 15.1. The zero-order valence-electron chi connectivity index (χ0n) is 24.1. The van der Waals surface area contributed by atoms with Crippen molar-refractivity contribution in [1.29, 1.82) is 0 Å². The van der Waals surface area contributed by atoms with Crippen molar-refractivity contribution in [2.24, 2.45) is 33.5 Å². The van der Waals surface area contributed by atoms with Crippen LogP contribution in [0.25, 0.3) is 0 Å². The summed E-state index contributed by atoms with van der Waals surface area (Å²) >= 11 is 0. The molecule has 0 bridgehead atoms. The Labute approximate surface area is 222 Å². The van der Waals surface area contributed by atoms with E-state index >= 15 is 0 Å². The van der Waals surface area contributed by atoms with Crippen molar-refractivity contribution in [2.75, 3.05) is 7.11 Å². The van der Waals surface area contributed by atoms with Gasteiger partial charge in [0.15, 0.2) is 6.29 Å². The summed E-state index contributed by atoms with van der Waals surface area (Å²) < 4.78 is 19.1. The van der Waals surface area contributed by atoms with Crippen LogP contribution in [-0.4, -0.2) is 58.9 Å². The molecule has 6 nitrogen and oxygen atoms in total. The third kappa shape index (κ3) is 3.03. The number of methoxy groups -OCH3 is 1. The summed E-state index contributed by atoms with van der Waals surface area (Å²) in [7, 11) is 1.70. The van der Waals surface area contributed by atoms with Crippen LogP contribution in [0.15, 0.2) is 11.1 Å². The third-order valence-electron chi connectivity index (χ3n) is 13.0. The lowest BCUT2D eigenvalue weighted by Gasteiger charge is -2.62. The van der Waals surface area contributed by atoms with Crippen LogP contribution in [0.4, 0.5) is 0 Å². The average Bonchev–Trinajstić information content (AvgIpc) is 3.33. The van der Waals surface area contributed by atoms with Gasteiger partial charge < -0.3 is 24.4 Å². The number of aliphatic hydroxyl groups excluding tert-OH is 1. The summed E-state index contributed by atoms with van der Waals surface area (Å²) in [6.07, 6.45) is 5.94. The SMILES string of the molecule is COC1OC(C(O)C(C)(C)O)CC1C1CCC2(C)C1(C)CCC1(C)C3=C(CC4OC412)C(C)(C)C(=O)CC3. The molecule has 0 aromatic heterocycles. The Kier molecular flexibility index (Phi) is 5.49. The molecule has 6 heteroatoms. The molecule has 6 rings (SSSR count). The number of fused-ring (bicyclic) bond motifs is 2. The van der Waals surface area contributed by atoms with Crippen molar-refractivity contribution in [3.8, 4) is 0 Å². The van der Waals surface area contributed by atoms with Crippen molar-refractivity contribution < 1.29 is 29.2 Å². The third-order valence-corrected chi connectivity index (χ3v) is 13.0. The van der Waals surface area contributed by atoms with Gasteiger partial charge in [0.25, 0.3) is 0 Å². The highest BCUT2D eigenvalue weighted by Crippen LogP contribution is 2.82. The van der Waals surface area contributed by atoms with E-state index in [9.17, 15) is 15.0 Å². The number of hydrogen-bond donors (Lipinski definition) is 2. The smallest absolute Gasteiger partial charge is 0.160 e. The molecule has 2 saturated carbocycles. The molecular formula is C31H48O6. The van der Waals surface area contributed by atoms with Gasteiger partial charge in [0.05, 0.1) is 17.8 Å². The minimum absolute atomic E-state index is 0.0116. The van der Waals surface area contributed by atoms with Gasteiger partial charge in [0.1, 0.15) is 17.5 Å². The Balaban J connectivity index is 1.35. The van der Waals surface area contributed by atoms with Crippen LogP contribution in [0.2, 0.25) is 0 Å². The zero-order valence-corrected chi connectivity index (χ0v) is 24.1. The Bertz CT molecular complexity index is 1040. The minimum atomic E-state index is -1.23. The van der Waals surface area contributed by atoms with Gasteiger partial charge in [-0.2, -0.15) is 0 Å². The second-order valence-corrected chi connectivity index (χ2v) is 15.1. The molecule has 1 spiro atoms. The van der Waals surface area contributed by atoms with E-state index in [0.29, 0.717) is 24.5 Å². The molecule has 10 unspecified atom stereocenters. The number of rotatable bonds is 4. The van der Waals surface area contributed by atoms with Gasteiger partial charge in [-0.3, -0.25) is 4.79 Å². The molecule has 208 valence electrons. The molecule has 2 aliphatic heterocycles. The molecule has 2 saturated heterocycles. The van der Waals surface area contributed by atoms with Gasteiger partial charge in [-0.1, -0.05) is 31.9 Å². The van der Waals surface area contributed by atoms with Gasteiger partial charge in [0, 0.05) is 35.7 Å². The standard InChI is InChI=1S/C31H48O6/c1-26(2)20-16-23-31(37-23)29(6,19(20)9-10-22(26)32)14-13-28(5)18(11-12-30(28,31)7)17-15-21(36-25(17)35-8)24(33)27(3,4)34/h17-18,21,23-25,33-34H,9-16H2,1-8H3. The minimum Gasteiger partial charge on any atom is -0.388 e. The van der Waals surface area contributed by atoms with Crippen LogP contribution in [0.1, 0.15) is 99.8 Å². The fourth-order valence-corrected chi connectivity index (χ4v) is 10.6. The summed E-state index contributed by atoms with van der Waals surface area (Å²) in [5.41, 5.74) is 1.16. The van der Waals surface area contributed by atoms with Crippen molar-refractivity contribution in [2.45, 2.75) is 136 Å². The molecule has 37 heavy (non-hydrogen) atoms. The lowest BCUT2D eigenvalue weighted by Crippen LogP contribution is -2.63. The summed E-state index contributed by atoms with van der Waals surface area (Å²) in [6.45, 7) is 15.0. The molecular weight excluding hydrogens is 468 g/mol. The molecule has 10 atom stereocenters. The maximum atomic E-state index is 12.9. The predicted octanol–water partition coefficient (Wildman–Crippen LogP) is 4.95. The number of carbonyl (C=O) groups excluding carboxylic acids is 1. The van der Waals surface area contributed by atoms with Crippen LogP contribution < -0.4 is 0 Å². The summed E-state index contributed by atoms with van der Waals surface area (Å²) in [5.74, 6) is 0.941. The van der Waals surface area contributed by atoms with Crippen LogP contribution >= 0.6 is 0 Å². The Morgan fingerprint density at radius 3 is 2.41 bits per heavy atom. The molecule has 0 aromatic rings. The first-order valence-electron chi connectivity index (χ1n) is 14.6. The fourth-order valence-electron chi connectivity index (χ4n) is 10.6. The van der Waals surface area contributed by atoms with Crippen molar-refractivity contribution in [1.82, 2.24) is 0 Å². The summed E-state index contributed by atoms with van der Waals surface area (Å²) in [6, 6.07) is 0. The fraction of sp³-hybridized carbons (Fsp3) is 0.903. The number of aliphatic hydroxyl groups is 2. The first-order chi connectivity index (χ1) is 17.1. The highest BCUT2D eigenvalue weighted by Gasteiger charge is 2.84. The number of Topliss-reactive ketones (excluding diaryl/α,β-unsaturated/α-hetero) is 1. The monoisotopic (exact) mass is 516 g/mol. The van der Waals surface area contributed by atoms with E-state index in [4.69, 9.17) is 14.2 Å². The van der Waals surface area contributed by atoms with Crippen LogP contribution in [0.5, 0.6) is 0 Å². The Morgan fingerprint density at radius 1 is 1.05 bits per heavy atom. The number of epoxide rings is 1. The summed E-state index contributed by atoms with van der Waals surface area (Å²) in [4.78, 5) is 12.9. The second kappa shape index (κ2) is 7.69. The Morgan fingerprint density at radius 2 is 1.76 bits per heavy atom. The molecule has 4 aliphatic carbocycles. The van der Waals surface area contributed by atoms with Gasteiger partial charge in [0.2, 0.25) is 0 Å². The quantitative estimate of drug-likeness (QED) is 0.406. The van der Waals surface area contributed by atoms with E-state index in [0.717, 1.165) is 38.5 Å². The molecule has 2 N–H and O–H groups in total. The normalized spacial score (nSPS) is 51.3. The van der Waals surface area contributed by atoms with Crippen LogP contribution in [-0.2, 0) is 19.0 Å². The van der Waals surface area contributed by atoms with Gasteiger partial charge in [-0.05, 0) is 84.0 Å². The first-order valence-corrected chi connectivity index (χ1v) is 14.6. The molecule has 0 aromatic carbocycles. The van der Waals surface area contributed by atoms with E-state index < -0.39 is 17.8 Å². The van der Waals surface area contributed by atoms with Gasteiger partial charge >= 0.3 is 0 Å². The maximum absolute atomic E-state index is 12.9. The molecule has 4 fully saturated rings. The van der Waals surface area contributed by atoms with E-state index in [1.165, 1.54) is 11.1 Å². The number of ether oxygens (including phenoxy) is 3. The first kappa shape index (κ1) is 26.4. The largest absolute Gasteiger partial charge is 0.388 e. The van der Waals surface area contributed by atoms with E-state index in [1.54, 1.807) is 21.0 Å². The maximum Gasteiger partial charge on any atom is 0.160 e. The molecule has 0 radical (unpaired) electrons. The lowest BCUT2D eigenvalue weighted by molar-refractivity contribution is -0.188. The molecule has 6 aliphatic rings.